The van der Waals surface area contributed by atoms with Crippen molar-refractivity contribution in [2.45, 2.75) is 71.3 Å². The molecular weight excluding hydrogens is 254 g/mol. The maximum Gasteiger partial charge on any atom is 0.187 e. The van der Waals surface area contributed by atoms with Crippen LogP contribution >= 0.6 is 12.2 Å². The van der Waals surface area contributed by atoms with Crippen molar-refractivity contribution in [1.82, 2.24) is 10.7 Å². The molecule has 0 amide bonds. The zero-order chi connectivity index (χ0) is 13.7. The lowest BCUT2D eigenvalue weighted by atomic mass is 9.81. The molecule has 2 rings (SSSR count). The van der Waals surface area contributed by atoms with Gasteiger partial charge in [-0.2, -0.15) is 5.10 Å². The Bertz CT molecular complexity index is 322. The van der Waals surface area contributed by atoms with E-state index >= 15 is 0 Å². The molecule has 0 aromatic rings. The van der Waals surface area contributed by atoms with E-state index in [-0.39, 0.29) is 0 Å². The average molecular weight is 281 g/mol. The van der Waals surface area contributed by atoms with Crippen molar-refractivity contribution < 1.29 is 0 Å². The summed E-state index contributed by atoms with van der Waals surface area (Å²) >= 11 is 5.35. The molecule has 0 heterocycles. The largest absolute Gasteiger partial charge is 0.359 e. The quantitative estimate of drug-likeness (QED) is 0.600. The molecule has 3 nitrogen and oxygen atoms in total. The summed E-state index contributed by atoms with van der Waals surface area (Å²) in [5, 5.41) is 8.67. The minimum Gasteiger partial charge on any atom is -0.359 e. The van der Waals surface area contributed by atoms with Gasteiger partial charge in [-0.25, -0.2) is 0 Å². The fourth-order valence-electron chi connectivity index (χ4n) is 3.31. The average Bonchev–Trinajstić information content (AvgIpc) is 2.39. The Morgan fingerprint density at radius 3 is 2.26 bits per heavy atom. The smallest absolute Gasteiger partial charge is 0.187 e. The zero-order valence-corrected chi connectivity index (χ0v) is 13.1. The third-order valence-corrected chi connectivity index (χ3v) is 4.72. The van der Waals surface area contributed by atoms with Gasteiger partial charge < -0.3 is 5.32 Å². The second-order valence-corrected chi connectivity index (χ2v) is 6.60. The molecule has 4 heteroatoms. The Morgan fingerprint density at radius 2 is 1.63 bits per heavy atom. The number of hydrazone groups is 1. The highest BCUT2D eigenvalue weighted by atomic mass is 32.1. The summed E-state index contributed by atoms with van der Waals surface area (Å²) in [6, 6.07) is 0.551. The summed E-state index contributed by atoms with van der Waals surface area (Å²) < 4.78 is 0. The molecule has 2 fully saturated rings. The van der Waals surface area contributed by atoms with Gasteiger partial charge in [0.25, 0.3) is 0 Å². The Morgan fingerprint density at radius 1 is 1.00 bits per heavy atom. The Kier molecular flexibility index (Phi) is 5.61. The van der Waals surface area contributed by atoms with Crippen LogP contribution in [0.2, 0.25) is 0 Å². The second kappa shape index (κ2) is 7.22. The highest BCUT2D eigenvalue weighted by Crippen LogP contribution is 2.25. The van der Waals surface area contributed by atoms with Crippen LogP contribution in [0.4, 0.5) is 0 Å². The molecule has 0 radical (unpaired) electrons. The summed E-state index contributed by atoms with van der Waals surface area (Å²) in [6.07, 6.45) is 10.3. The van der Waals surface area contributed by atoms with E-state index in [4.69, 9.17) is 12.2 Å². The summed E-state index contributed by atoms with van der Waals surface area (Å²) in [7, 11) is 0. The summed E-state index contributed by atoms with van der Waals surface area (Å²) in [5.41, 5.74) is 4.36. The highest BCUT2D eigenvalue weighted by molar-refractivity contribution is 7.80. The van der Waals surface area contributed by atoms with Gasteiger partial charge in [0.1, 0.15) is 0 Å². The lowest BCUT2D eigenvalue weighted by Crippen LogP contribution is -2.41. The number of hydrogen-bond donors (Lipinski definition) is 2. The van der Waals surface area contributed by atoms with Gasteiger partial charge in [-0.1, -0.05) is 39.5 Å². The first-order valence-electron chi connectivity index (χ1n) is 7.81. The first-order chi connectivity index (χ1) is 9.16. The van der Waals surface area contributed by atoms with Gasteiger partial charge in [0, 0.05) is 11.8 Å². The molecule has 0 unspecified atom stereocenters. The van der Waals surface area contributed by atoms with E-state index < -0.39 is 0 Å². The van der Waals surface area contributed by atoms with Gasteiger partial charge in [0.05, 0.1) is 0 Å². The van der Waals surface area contributed by atoms with Gasteiger partial charge in [-0.05, 0) is 49.7 Å². The van der Waals surface area contributed by atoms with Gasteiger partial charge >= 0.3 is 0 Å². The molecule has 0 aromatic heterocycles. The number of nitrogens with one attached hydrogen (secondary N) is 2. The molecule has 0 aromatic carbocycles. The van der Waals surface area contributed by atoms with Crippen LogP contribution in [0, 0.1) is 11.8 Å². The Balaban J connectivity index is 1.80. The van der Waals surface area contributed by atoms with Crippen LogP contribution in [-0.4, -0.2) is 16.9 Å². The van der Waals surface area contributed by atoms with Crippen molar-refractivity contribution in [3.8, 4) is 0 Å². The van der Waals surface area contributed by atoms with E-state index in [1.807, 2.05) is 0 Å². The Hall–Kier alpha value is -0.640. The van der Waals surface area contributed by atoms with Crippen molar-refractivity contribution >= 4 is 23.0 Å². The standard InChI is InChI=1S/C15H27N3S/c1-11-7-6-8-12(2)14(11)17-18-15(19)16-13-9-4-3-5-10-13/h11-13H,3-10H2,1-2H3,(H2,16,18,19)/t11-,12+. The van der Waals surface area contributed by atoms with Gasteiger partial charge in [-0.3, -0.25) is 5.43 Å². The maximum absolute atomic E-state index is 5.35. The number of thiocarbonyl (C=S) groups is 1. The van der Waals surface area contributed by atoms with Crippen molar-refractivity contribution in [1.29, 1.82) is 0 Å². The number of hydrogen-bond acceptors (Lipinski definition) is 2. The van der Waals surface area contributed by atoms with Crippen LogP contribution in [0.25, 0.3) is 0 Å². The minimum atomic E-state index is 0.551. The molecule has 108 valence electrons. The molecule has 2 aliphatic carbocycles. The van der Waals surface area contributed by atoms with Crippen molar-refractivity contribution in [2.75, 3.05) is 0 Å². The SMILES string of the molecule is C[C@@H]1CCC[C@H](C)C1=NNC(=S)NC1CCCCC1. The van der Waals surface area contributed by atoms with Crippen LogP contribution < -0.4 is 10.7 Å². The van der Waals surface area contributed by atoms with E-state index in [9.17, 15) is 0 Å². The highest BCUT2D eigenvalue weighted by Gasteiger charge is 2.23. The fraction of sp³-hybridized carbons (Fsp3) is 0.867. The zero-order valence-electron chi connectivity index (χ0n) is 12.2. The lowest BCUT2D eigenvalue weighted by Gasteiger charge is -2.27. The summed E-state index contributed by atoms with van der Waals surface area (Å²) in [5.74, 6) is 1.18. The van der Waals surface area contributed by atoms with E-state index in [1.54, 1.807) is 0 Å². The molecule has 0 spiro atoms. The van der Waals surface area contributed by atoms with Crippen molar-refractivity contribution in [3.63, 3.8) is 0 Å². The molecule has 0 bridgehead atoms. The van der Waals surface area contributed by atoms with Crippen LogP contribution in [0.15, 0.2) is 5.10 Å². The maximum atomic E-state index is 5.35. The second-order valence-electron chi connectivity index (χ2n) is 6.19. The predicted molar refractivity (Wildman–Crippen MR) is 85.4 cm³/mol. The Labute approximate surface area is 122 Å². The minimum absolute atomic E-state index is 0.551. The van der Waals surface area contributed by atoms with Crippen LogP contribution in [0.3, 0.4) is 0 Å². The monoisotopic (exact) mass is 281 g/mol. The number of rotatable bonds is 2. The molecule has 2 saturated carbocycles. The van der Waals surface area contributed by atoms with E-state index in [2.05, 4.69) is 29.7 Å². The van der Waals surface area contributed by atoms with E-state index in [0.717, 1.165) is 0 Å². The first kappa shape index (κ1) is 14.8. The summed E-state index contributed by atoms with van der Waals surface area (Å²) in [6.45, 7) is 4.54. The number of nitrogens with zero attached hydrogens (tertiary/aromatic N) is 1. The first-order valence-corrected chi connectivity index (χ1v) is 8.21. The third-order valence-electron chi connectivity index (χ3n) is 4.51. The van der Waals surface area contributed by atoms with Gasteiger partial charge in [0.15, 0.2) is 5.11 Å². The van der Waals surface area contributed by atoms with E-state index in [0.29, 0.717) is 23.0 Å². The molecule has 19 heavy (non-hydrogen) atoms. The molecule has 0 aliphatic heterocycles. The van der Waals surface area contributed by atoms with Crippen LogP contribution in [0.1, 0.15) is 65.2 Å². The lowest BCUT2D eigenvalue weighted by molar-refractivity contribution is 0.412. The predicted octanol–water partition coefficient (Wildman–Crippen LogP) is 3.60. The van der Waals surface area contributed by atoms with Gasteiger partial charge in [-0.15, -0.1) is 0 Å². The van der Waals surface area contributed by atoms with Crippen molar-refractivity contribution in [2.24, 2.45) is 16.9 Å². The van der Waals surface area contributed by atoms with Crippen LogP contribution in [-0.2, 0) is 0 Å². The fourth-order valence-corrected chi connectivity index (χ4v) is 3.52. The van der Waals surface area contributed by atoms with E-state index in [1.165, 1.54) is 57.1 Å². The topological polar surface area (TPSA) is 36.4 Å². The molecule has 2 aliphatic rings. The van der Waals surface area contributed by atoms with Crippen LogP contribution in [0.5, 0.6) is 0 Å². The normalized spacial score (nSPS) is 31.2. The molecule has 0 saturated heterocycles. The molecular formula is C15H27N3S. The third kappa shape index (κ3) is 4.44. The molecule has 2 atom stereocenters. The molecule has 2 N–H and O–H groups in total. The van der Waals surface area contributed by atoms with Gasteiger partial charge in [0.2, 0.25) is 0 Å². The van der Waals surface area contributed by atoms with Crippen molar-refractivity contribution in [3.05, 3.63) is 0 Å². The summed E-state index contributed by atoms with van der Waals surface area (Å²) in [4.78, 5) is 0.